The molecule has 1 aliphatic carbocycles. The summed E-state index contributed by atoms with van der Waals surface area (Å²) < 4.78 is 5.52. The number of hydrogen-bond donors (Lipinski definition) is 2. The van der Waals surface area contributed by atoms with Crippen LogP contribution in [-0.4, -0.2) is 47.2 Å². The van der Waals surface area contributed by atoms with Gasteiger partial charge < -0.3 is 20.1 Å². The van der Waals surface area contributed by atoms with Crippen LogP contribution in [0.2, 0.25) is 0 Å². The number of hydrogen-bond acceptors (Lipinski definition) is 5. The third-order valence-corrected chi connectivity index (χ3v) is 7.40. The predicted octanol–water partition coefficient (Wildman–Crippen LogP) is 4.01. The van der Waals surface area contributed by atoms with Crippen molar-refractivity contribution in [2.45, 2.75) is 31.3 Å². The average Bonchev–Trinajstić information content (AvgIpc) is 3.43. The highest BCUT2D eigenvalue weighted by atomic mass is 32.1. The van der Waals surface area contributed by atoms with Crippen molar-refractivity contribution < 1.29 is 24.2 Å². The number of carboxylic acid groups (broad SMARTS) is 1. The van der Waals surface area contributed by atoms with Gasteiger partial charge in [-0.25, -0.2) is 4.79 Å². The first-order chi connectivity index (χ1) is 16.5. The minimum absolute atomic E-state index is 0.0934. The zero-order chi connectivity index (χ0) is 23.7. The molecule has 2 N–H and O–H groups in total. The molecule has 0 fully saturated rings. The van der Waals surface area contributed by atoms with Gasteiger partial charge in [-0.15, -0.1) is 11.3 Å². The van der Waals surface area contributed by atoms with E-state index in [2.05, 4.69) is 5.32 Å². The summed E-state index contributed by atoms with van der Waals surface area (Å²) in [5.74, 6) is -1.69. The Morgan fingerprint density at radius 1 is 1.06 bits per heavy atom. The summed E-state index contributed by atoms with van der Waals surface area (Å²) in [6, 6.07) is 16.9. The molecular weight excluding hydrogens is 452 g/mol. The van der Waals surface area contributed by atoms with Crippen molar-refractivity contribution >= 4 is 29.3 Å². The third-order valence-electron chi connectivity index (χ3n) is 6.45. The van der Waals surface area contributed by atoms with Gasteiger partial charge in [0.15, 0.2) is 0 Å². The number of amides is 2. The SMILES string of the molecule is O=C(O)CC(NC(=O)OCC1c2ccccc2-c2ccccc21)C(=O)N1CCc2ccsc2C1. The van der Waals surface area contributed by atoms with Gasteiger partial charge in [0.2, 0.25) is 5.91 Å². The number of rotatable bonds is 6. The van der Waals surface area contributed by atoms with Crippen LogP contribution in [0.4, 0.5) is 4.79 Å². The molecule has 0 spiro atoms. The number of fused-ring (bicyclic) bond motifs is 4. The molecule has 174 valence electrons. The molecule has 0 bridgehead atoms. The molecule has 2 aromatic carbocycles. The van der Waals surface area contributed by atoms with E-state index in [1.165, 1.54) is 5.56 Å². The Kier molecular flexibility index (Phi) is 6.06. The molecule has 34 heavy (non-hydrogen) atoms. The van der Waals surface area contributed by atoms with Crippen molar-refractivity contribution in [3.8, 4) is 11.1 Å². The number of benzene rings is 2. The fourth-order valence-electron chi connectivity index (χ4n) is 4.80. The lowest BCUT2D eigenvalue weighted by Gasteiger charge is -2.30. The second-order valence-electron chi connectivity index (χ2n) is 8.50. The van der Waals surface area contributed by atoms with Gasteiger partial charge in [0.1, 0.15) is 12.6 Å². The second kappa shape index (κ2) is 9.30. The van der Waals surface area contributed by atoms with Gasteiger partial charge in [-0.1, -0.05) is 48.5 Å². The molecule has 7 nitrogen and oxygen atoms in total. The number of ether oxygens (including phenoxy) is 1. The van der Waals surface area contributed by atoms with Gasteiger partial charge in [0.25, 0.3) is 0 Å². The maximum Gasteiger partial charge on any atom is 0.407 e. The highest BCUT2D eigenvalue weighted by Crippen LogP contribution is 2.44. The Labute approximate surface area is 201 Å². The van der Waals surface area contributed by atoms with Crippen LogP contribution in [0.1, 0.15) is 33.9 Å². The normalized spacial score (nSPS) is 15.1. The Balaban J connectivity index is 1.26. The second-order valence-corrected chi connectivity index (χ2v) is 9.50. The molecule has 2 aliphatic rings. The summed E-state index contributed by atoms with van der Waals surface area (Å²) in [6.07, 6.45) is -0.582. The number of aliphatic carboxylic acids is 1. The van der Waals surface area contributed by atoms with E-state index in [-0.39, 0.29) is 12.5 Å². The van der Waals surface area contributed by atoms with Crippen molar-refractivity contribution in [1.82, 2.24) is 10.2 Å². The summed E-state index contributed by atoms with van der Waals surface area (Å²) in [4.78, 5) is 39.9. The molecule has 0 radical (unpaired) electrons. The van der Waals surface area contributed by atoms with Crippen LogP contribution in [0.15, 0.2) is 60.0 Å². The molecule has 1 aromatic heterocycles. The number of nitrogens with one attached hydrogen (secondary N) is 1. The van der Waals surface area contributed by atoms with Crippen molar-refractivity contribution in [1.29, 1.82) is 0 Å². The van der Waals surface area contributed by atoms with E-state index in [1.807, 2.05) is 60.0 Å². The molecule has 1 aliphatic heterocycles. The van der Waals surface area contributed by atoms with Crippen LogP contribution >= 0.6 is 11.3 Å². The first kappa shape index (κ1) is 22.2. The van der Waals surface area contributed by atoms with Crippen molar-refractivity contribution in [2.75, 3.05) is 13.2 Å². The van der Waals surface area contributed by atoms with Crippen LogP contribution in [0.25, 0.3) is 11.1 Å². The smallest absolute Gasteiger partial charge is 0.407 e. The monoisotopic (exact) mass is 476 g/mol. The number of thiophene rings is 1. The van der Waals surface area contributed by atoms with Gasteiger partial charge in [0.05, 0.1) is 13.0 Å². The van der Waals surface area contributed by atoms with Gasteiger partial charge >= 0.3 is 12.1 Å². The van der Waals surface area contributed by atoms with Gasteiger partial charge in [-0.05, 0) is 45.7 Å². The predicted molar refractivity (Wildman–Crippen MR) is 128 cm³/mol. The third kappa shape index (κ3) is 4.28. The van der Waals surface area contributed by atoms with E-state index in [0.29, 0.717) is 13.1 Å². The lowest BCUT2D eigenvalue weighted by molar-refractivity contribution is -0.142. The molecular formula is C26H24N2O5S. The molecule has 2 heterocycles. The highest BCUT2D eigenvalue weighted by Gasteiger charge is 2.32. The fraction of sp³-hybridized carbons (Fsp3) is 0.269. The Morgan fingerprint density at radius 2 is 1.74 bits per heavy atom. The van der Waals surface area contributed by atoms with Crippen molar-refractivity contribution in [3.63, 3.8) is 0 Å². The summed E-state index contributed by atoms with van der Waals surface area (Å²) in [5, 5.41) is 13.8. The lowest BCUT2D eigenvalue weighted by atomic mass is 9.98. The van der Waals surface area contributed by atoms with Gasteiger partial charge in [-0.3, -0.25) is 9.59 Å². The summed E-state index contributed by atoms with van der Waals surface area (Å²) in [5.41, 5.74) is 5.60. The van der Waals surface area contributed by atoms with Crippen LogP contribution < -0.4 is 5.32 Å². The zero-order valence-electron chi connectivity index (χ0n) is 18.4. The number of alkyl carbamates (subject to hydrolysis) is 1. The largest absolute Gasteiger partial charge is 0.481 e. The molecule has 8 heteroatoms. The maximum absolute atomic E-state index is 13.1. The van der Waals surface area contributed by atoms with Crippen molar-refractivity contribution in [2.24, 2.45) is 0 Å². The number of carbonyl (C=O) groups is 3. The molecule has 3 aromatic rings. The molecule has 0 saturated carbocycles. The van der Waals surface area contributed by atoms with E-state index in [0.717, 1.165) is 33.6 Å². The molecule has 1 unspecified atom stereocenters. The van der Waals surface area contributed by atoms with Crippen LogP contribution in [-0.2, 0) is 27.3 Å². The summed E-state index contributed by atoms with van der Waals surface area (Å²) in [7, 11) is 0. The zero-order valence-corrected chi connectivity index (χ0v) is 19.2. The standard InChI is InChI=1S/C26H24N2O5S/c29-24(30)13-22(25(31)28-11-9-16-10-12-34-23(16)14-28)27-26(32)33-15-21-19-7-3-1-5-17(19)18-6-2-4-8-20(18)21/h1-8,10,12,21-22H,9,11,13-15H2,(H,27,32)(H,29,30). The van der Waals surface area contributed by atoms with Gasteiger partial charge in [0, 0.05) is 17.3 Å². The van der Waals surface area contributed by atoms with Crippen LogP contribution in [0.5, 0.6) is 0 Å². The molecule has 2 amide bonds. The Hall–Kier alpha value is -3.65. The molecule has 5 rings (SSSR count). The van der Waals surface area contributed by atoms with E-state index in [4.69, 9.17) is 4.74 Å². The summed E-state index contributed by atoms with van der Waals surface area (Å²) in [6.45, 7) is 1.01. The fourth-order valence-corrected chi connectivity index (χ4v) is 5.75. The summed E-state index contributed by atoms with van der Waals surface area (Å²) >= 11 is 1.57. The number of carbonyl (C=O) groups excluding carboxylic acids is 2. The van der Waals surface area contributed by atoms with Crippen LogP contribution in [0, 0.1) is 0 Å². The molecule has 1 atom stereocenters. The van der Waals surface area contributed by atoms with Gasteiger partial charge in [-0.2, -0.15) is 0 Å². The Bertz CT molecular complexity index is 1210. The molecule has 0 saturated heterocycles. The van der Waals surface area contributed by atoms with E-state index in [1.54, 1.807) is 16.2 Å². The maximum atomic E-state index is 13.1. The Morgan fingerprint density at radius 3 is 2.41 bits per heavy atom. The first-order valence-electron chi connectivity index (χ1n) is 11.2. The lowest BCUT2D eigenvalue weighted by Crippen LogP contribution is -2.50. The number of nitrogens with zero attached hydrogens (tertiary/aromatic N) is 1. The van der Waals surface area contributed by atoms with E-state index < -0.39 is 30.4 Å². The minimum Gasteiger partial charge on any atom is -0.481 e. The van der Waals surface area contributed by atoms with Crippen LogP contribution in [0.3, 0.4) is 0 Å². The average molecular weight is 477 g/mol. The highest BCUT2D eigenvalue weighted by molar-refractivity contribution is 7.10. The minimum atomic E-state index is -1.19. The first-order valence-corrected chi connectivity index (χ1v) is 12.1. The van der Waals surface area contributed by atoms with E-state index >= 15 is 0 Å². The topological polar surface area (TPSA) is 95.9 Å². The van der Waals surface area contributed by atoms with E-state index in [9.17, 15) is 19.5 Å². The quantitative estimate of drug-likeness (QED) is 0.560. The van der Waals surface area contributed by atoms with Crippen molar-refractivity contribution in [3.05, 3.63) is 81.5 Å². The number of carboxylic acids is 1.